The minimum absolute atomic E-state index is 0.334. The fraction of sp³-hybridized carbons (Fsp3) is 0.286. The number of allylic oxidation sites excluding steroid dienone is 4. The van der Waals surface area contributed by atoms with Crippen LogP contribution in [0.15, 0.2) is 47.5 Å². The van der Waals surface area contributed by atoms with E-state index in [0.717, 1.165) is 11.3 Å². The third-order valence-corrected chi connectivity index (χ3v) is 4.19. The van der Waals surface area contributed by atoms with Gasteiger partial charge in [-0.1, -0.05) is 6.08 Å². The molecule has 136 valence electrons. The lowest BCUT2D eigenvalue weighted by Gasteiger charge is -2.36. The zero-order chi connectivity index (χ0) is 19.0. The average molecular weight is 378 g/mol. The number of nitrogens with zero attached hydrogens (tertiary/aromatic N) is 1. The molecule has 0 fully saturated rings. The monoisotopic (exact) mass is 378 g/mol. The Labute approximate surface area is 140 Å². The number of carbonyl (C=O) groups is 2. The number of ketones is 2. The largest absolute Gasteiger partial charge is 0.522 e. The maximum atomic E-state index is 12.1. The van der Waals surface area contributed by atoms with Gasteiger partial charge in [0.05, 0.1) is 5.70 Å². The van der Waals surface area contributed by atoms with E-state index in [1.807, 2.05) is 19.3 Å². The molecule has 0 bridgehead atoms. The number of halogens is 3. The van der Waals surface area contributed by atoms with Crippen LogP contribution in [0, 0.1) is 0 Å². The highest BCUT2D eigenvalue weighted by molar-refractivity contribution is 7.86. The summed E-state index contributed by atoms with van der Waals surface area (Å²) in [6.45, 7) is 0. The van der Waals surface area contributed by atoms with Gasteiger partial charge in [0.25, 0.3) is 0 Å². The smallest absolute Gasteiger partial charge is 0.367 e. The van der Waals surface area contributed by atoms with E-state index < -0.39 is 27.5 Å². The molecular formula is C14H13F3N2O5S. The molecule has 3 aliphatic rings. The summed E-state index contributed by atoms with van der Waals surface area (Å²) in [6, 6.07) is -0.432. The molecule has 0 aromatic rings. The van der Waals surface area contributed by atoms with Crippen molar-refractivity contribution in [3.05, 3.63) is 47.5 Å². The van der Waals surface area contributed by atoms with Crippen molar-refractivity contribution in [1.82, 2.24) is 10.2 Å². The van der Waals surface area contributed by atoms with Crippen LogP contribution in [-0.2, 0) is 19.7 Å². The molecule has 2 heterocycles. The zero-order valence-electron chi connectivity index (χ0n) is 12.7. The summed E-state index contributed by atoms with van der Waals surface area (Å²) >= 11 is 0. The van der Waals surface area contributed by atoms with E-state index in [1.54, 1.807) is 23.3 Å². The normalized spacial score (nSPS) is 22.5. The number of rotatable bonds is 0. The fourth-order valence-corrected chi connectivity index (χ4v) is 2.52. The Morgan fingerprint density at radius 2 is 1.92 bits per heavy atom. The van der Waals surface area contributed by atoms with Gasteiger partial charge in [0.1, 0.15) is 6.04 Å². The second-order valence-electron chi connectivity index (χ2n) is 5.26. The summed E-state index contributed by atoms with van der Waals surface area (Å²) < 4.78 is 57.5. The lowest BCUT2D eigenvalue weighted by molar-refractivity contribution is -0.136. The zero-order valence-corrected chi connectivity index (χ0v) is 13.6. The third kappa shape index (κ3) is 3.66. The number of hydrogen-bond acceptors (Lipinski definition) is 6. The first-order valence-corrected chi connectivity index (χ1v) is 8.27. The van der Waals surface area contributed by atoms with Crippen molar-refractivity contribution in [3.8, 4) is 0 Å². The van der Waals surface area contributed by atoms with Crippen molar-refractivity contribution >= 4 is 21.7 Å². The number of alkyl halides is 3. The number of carbonyl (C=O) groups excluding carboxylic acids is 2. The van der Waals surface area contributed by atoms with Gasteiger partial charge >= 0.3 is 15.6 Å². The van der Waals surface area contributed by atoms with E-state index in [9.17, 15) is 22.8 Å². The lowest BCUT2D eigenvalue weighted by Crippen LogP contribution is -2.48. The standard InChI is InChI=1S/C13H12N2O2.CHF3O3S/c1-15-7-3-5-8-10-9(4-2-6-14-10)12(16)13(17)11(8)15;2-1(3,4)8(5,6)7/h2-4,6-7,11,14H,5H2,1H3;(H,5,6,7). The molecule has 0 spiro atoms. The molecule has 3 rings (SSSR count). The second kappa shape index (κ2) is 6.48. The highest BCUT2D eigenvalue weighted by atomic mass is 32.2. The first-order chi connectivity index (χ1) is 11.4. The van der Waals surface area contributed by atoms with Crippen molar-refractivity contribution in [2.45, 2.75) is 18.0 Å². The van der Waals surface area contributed by atoms with E-state index in [4.69, 9.17) is 13.0 Å². The van der Waals surface area contributed by atoms with Crippen molar-refractivity contribution in [2.75, 3.05) is 7.05 Å². The molecule has 0 saturated carbocycles. The van der Waals surface area contributed by atoms with Gasteiger partial charge in [-0.2, -0.15) is 21.6 Å². The van der Waals surface area contributed by atoms with Crippen LogP contribution in [0.25, 0.3) is 0 Å². The van der Waals surface area contributed by atoms with Crippen LogP contribution >= 0.6 is 0 Å². The maximum Gasteiger partial charge on any atom is 0.522 e. The molecule has 1 aliphatic carbocycles. The topological polar surface area (TPSA) is 104 Å². The molecule has 7 nitrogen and oxygen atoms in total. The predicted molar refractivity (Wildman–Crippen MR) is 80.3 cm³/mol. The molecule has 2 aliphatic heterocycles. The van der Waals surface area contributed by atoms with Crippen LogP contribution in [-0.4, -0.2) is 48.0 Å². The molecule has 1 atom stereocenters. The van der Waals surface area contributed by atoms with Gasteiger partial charge in [0, 0.05) is 18.8 Å². The van der Waals surface area contributed by atoms with Crippen LogP contribution in [0.1, 0.15) is 6.42 Å². The van der Waals surface area contributed by atoms with Gasteiger partial charge in [0.2, 0.25) is 11.6 Å². The van der Waals surface area contributed by atoms with Crippen LogP contribution in [0.3, 0.4) is 0 Å². The molecule has 0 aromatic heterocycles. The summed E-state index contributed by atoms with van der Waals surface area (Å²) in [5, 5.41) is 3.09. The Hall–Kier alpha value is -2.40. The van der Waals surface area contributed by atoms with E-state index in [0.29, 0.717) is 12.0 Å². The van der Waals surface area contributed by atoms with E-state index in [1.165, 1.54) is 0 Å². The predicted octanol–water partition coefficient (Wildman–Crippen LogP) is 1.05. The van der Waals surface area contributed by atoms with Gasteiger partial charge in [0.15, 0.2) is 0 Å². The van der Waals surface area contributed by atoms with Crippen LogP contribution in [0.4, 0.5) is 13.2 Å². The SMILES string of the molecule is CN1C=CCC2=C3NC=CC=C3C(=O)C(=O)C21.O=S(=O)(O)C(F)(F)F. The van der Waals surface area contributed by atoms with Gasteiger partial charge in [-0.05, 0) is 30.3 Å². The van der Waals surface area contributed by atoms with Gasteiger partial charge in [-0.15, -0.1) is 0 Å². The summed E-state index contributed by atoms with van der Waals surface area (Å²) in [5.41, 5.74) is -3.26. The quantitative estimate of drug-likeness (QED) is 0.369. The van der Waals surface area contributed by atoms with E-state index in [2.05, 4.69) is 5.32 Å². The minimum atomic E-state index is -5.84. The first kappa shape index (κ1) is 18.9. The molecule has 0 radical (unpaired) electrons. The first-order valence-electron chi connectivity index (χ1n) is 6.83. The summed E-state index contributed by atoms with van der Waals surface area (Å²) in [4.78, 5) is 25.9. The Morgan fingerprint density at radius 3 is 2.48 bits per heavy atom. The maximum absolute atomic E-state index is 12.1. The van der Waals surface area contributed by atoms with Crippen LogP contribution in [0.5, 0.6) is 0 Å². The number of hydrogen-bond donors (Lipinski definition) is 2. The lowest BCUT2D eigenvalue weighted by atomic mass is 9.81. The number of Topliss-reactive ketones (excluding diaryl/α,β-unsaturated/α-hetero) is 2. The molecule has 0 saturated heterocycles. The number of nitrogens with one attached hydrogen (secondary N) is 1. The molecular weight excluding hydrogens is 365 g/mol. The minimum Gasteiger partial charge on any atom is -0.367 e. The third-order valence-electron chi connectivity index (χ3n) is 3.60. The van der Waals surface area contributed by atoms with Crippen molar-refractivity contribution in [3.63, 3.8) is 0 Å². The van der Waals surface area contributed by atoms with Crippen molar-refractivity contribution in [2.24, 2.45) is 0 Å². The number of dihydropyridines is 1. The highest BCUT2D eigenvalue weighted by Gasteiger charge is 2.44. The fourth-order valence-electron chi connectivity index (χ4n) is 2.52. The van der Waals surface area contributed by atoms with Crippen molar-refractivity contribution < 1.29 is 35.7 Å². The summed E-state index contributed by atoms with van der Waals surface area (Å²) in [6.07, 6.45) is 9.79. The molecule has 25 heavy (non-hydrogen) atoms. The number of likely N-dealkylation sites (N-methyl/N-ethyl adjacent to an activating group) is 1. The van der Waals surface area contributed by atoms with Gasteiger partial charge in [-0.3, -0.25) is 14.1 Å². The average Bonchev–Trinajstić information content (AvgIpc) is 2.51. The second-order valence-corrected chi connectivity index (χ2v) is 6.67. The molecule has 0 aromatic carbocycles. The van der Waals surface area contributed by atoms with Crippen LogP contribution < -0.4 is 5.32 Å². The Balaban J connectivity index is 0.000000242. The molecule has 11 heteroatoms. The Bertz CT molecular complexity index is 837. The molecule has 1 unspecified atom stereocenters. The molecule has 0 amide bonds. The van der Waals surface area contributed by atoms with E-state index >= 15 is 0 Å². The Morgan fingerprint density at radius 1 is 1.32 bits per heavy atom. The highest BCUT2D eigenvalue weighted by Crippen LogP contribution is 2.32. The summed E-state index contributed by atoms with van der Waals surface area (Å²) in [5.74, 6) is -0.730. The molecule has 2 N–H and O–H groups in total. The number of fused-ring (bicyclic) bond motifs is 2. The van der Waals surface area contributed by atoms with Gasteiger partial charge in [-0.25, -0.2) is 0 Å². The van der Waals surface area contributed by atoms with E-state index in [-0.39, 0.29) is 5.78 Å². The van der Waals surface area contributed by atoms with Crippen molar-refractivity contribution in [1.29, 1.82) is 0 Å². The van der Waals surface area contributed by atoms with Crippen LogP contribution in [0.2, 0.25) is 0 Å². The summed E-state index contributed by atoms with van der Waals surface area (Å²) in [7, 11) is -4.02. The van der Waals surface area contributed by atoms with Gasteiger partial charge < -0.3 is 10.2 Å². The Kier molecular flexibility index (Phi) is 4.91.